The van der Waals surface area contributed by atoms with Crippen LogP contribution in [0.2, 0.25) is 0 Å². The molecular formula is C28H28NO+. The second kappa shape index (κ2) is 7.60. The largest absolute Gasteiger partial charge is 0.501 e. The Hall–Kier alpha value is -3.13. The number of hydrogen-bond acceptors (Lipinski definition) is 1. The van der Waals surface area contributed by atoms with Gasteiger partial charge in [-0.2, -0.15) is 4.58 Å². The van der Waals surface area contributed by atoms with Gasteiger partial charge in [-0.25, -0.2) is 0 Å². The smallest absolute Gasteiger partial charge is 0.210 e. The second-order valence-corrected chi connectivity index (χ2v) is 8.63. The lowest BCUT2D eigenvalue weighted by Gasteiger charge is -2.26. The Morgan fingerprint density at radius 1 is 0.967 bits per heavy atom. The second-order valence-electron chi connectivity index (χ2n) is 8.63. The predicted octanol–water partition coefficient (Wildman–Crippen LogP) is 6.62. The molecule has 0 radical (unpaired) electrons. The van der Waals surface area contributed by atoms with Crippen LogP contribution >= 0.6 is 0 Å². The summed E-state index contributed by atoms with van der Waals surface area (Å²) in [6.07, 6.45) is 9.77. The standard InChI is InChI=1S/C28H28NO/c1-28(19-22-11-8-18-30-20-22)26(17-14-21-9-4-3-5-10-21)29(2)25-16-15-23-12-6-7-13-24(23)27(25)28/h3-7,9-10,12-17,20H,8,11,18-19H2,1-2H3/q+1. The topological polar surface area (TPSA) is 12.2 Å². The van der Waals surface area contributed by atoms with E-state index in [1.165, 1.54) is 38.9 Å². The van der Waals surface area contributed by atoms with Crippen LogP contribution in [0.3, 0.4) is 0 Å². The maximum atomic E-state index is 5.70. The van der Waals surface area contributed by atoms with Gasteiger partial charge < -0.3 is 4.74 Å². The van der Waals surface area contributed by atoms with Gasteiger partial charge in [0.2, 0.25) is 5.69 Å². The highest BCUT2D eigenvalue weighted by Gasteiger charge is 2.48. The van der Waals surface area contributed by atoms with Gasteiger partial charge in [0.05, 0.1) is 18.3 Å². The predicted molar refractivity (Wildman–Crippen MR) is 126 cm³/mol. The molecule has 3 aromatic carbocycles. The number of nitrogens with zero attached hydrogens (tertiary/aromatic N) is 1. The van der Waals surface area contributed by atoms with Gasteiger partial charge in [0.1, 0.15) is 7.05 Å². The Morgan fingerprint density at radius 2 is 1.77 bits per heavy atom. The maximum absolute atomic E-state index is 5.70. The van der Waals surface area contributed by atoms with Gasteiger partial charge in [0.25, 0.3) is 0 Å². The first kappa shape index (κ1) is 18.9. The summed E-state index contributed by atoms with van der Waals surface area (Å²) in [5.41, 5.74) is 6.60. The Bertz CT molecular complexity index is 1190. The lowest BCUT2D eigenvalue weighted by molar-refractivity contribution is -0.401. The fourth-order valence-corrected chi connectivity index (χ4v) is 5.16. The summed E-state index contributed by atoms with van der Waals surface area (Å²) in [6.45, 7) is 3.24. The van der Waals surface area contributed by atoms with Gasteiger partial charge in [-0.1, -0.05) is 54.6 Å². The highest BCUT2D eigenvalue weighted by Crippen LogP contribution is 2.47. The van der Waals surface area contributed by atoms with E-state index < -0.39 is 0 Å². The van der Waals surface area contributed by atoms with Crippen LogP contribution in [0.4, 0.5) is 5.69 Å². The summed E-state index contributed by atoms with van der Waals surface area (Å²) in [4.78, 5) is 0. The zero-order valence-corrected chi connectivity index (χ0v) is 17.8. The van der Waals surface area contributed by atoms with E-state index in [-0.39, 0.29) is 5.41 Å². The molecule has 2 heteroatoms. The fraction of sp³-hybridized carbons (Fsp3) is 0.250. The molecular weight excluding hydrogens is 366 g/mol. The van der Waals surface area contributed by atoms with Crippen LogP contribution < -0.4 is 0 Å². The first-order chi connectivity index (χ1) is 14.7. The number of hydrogen-bond donors (Lipinski definition) is 0. The van der Waals surface area contributed by atoms with Crippen molar-refractivity contribution in [1.82, 2.24) is 0 Å². The minimum Gasteiger partial charge on any atom is -0.501 e. The summed E-state index contributed by atoms with van der Waals surface area (Å²) in [7, 11) is 2.20. The van der Waals surface area contributed by atoms with Crippen molar-refractivity contribution in [2.75, 3.05) is 13.7 Å². The number of fused-ring (bicyclic) bond motifs is 3. The molecule has 2 nitrogen and oxygen atoms in total. The van der Waals surface area contributed by atoms with Gasteiger partial charge in [-0.15, -0.1) is 0 Å². The summed E-state index contributed by atoms with van der Waals surface area (Å²) in [5, 5.41) is 2.66. The highest BCUT2D eigenvalue weighted by molar-refractivity contribution is 6.09. The molecule has 1 atom stereocenters. The SMILES string of the molecule is C[N+]1=C(C=Cc2ccccc2)C(C)(CC2=COCCC2)c2c1ccc1ccccc21. The molecule has 30 heavy (non-hydrogen) atoms. The lowest BCUT2D eigenvalue weighted by atomic mass is 9.72. The van der Waals surface area contributed by atoms with Crippen molar-refractivity contribution in [1.29, 1.82) is 0 Å². The van der Waals surface area contributed by atoms with Crippen molar-refractivity contribution < 1.29 is 9.31 Å². The third kappa shape index (κ3) is 3.17. The molecule has 5 rings (SSSR count). The number of ether oxygens (including phenoxy) is 1. The van der Waals surface area contributed by atoms with Gasteiger partial charge in [0, 0.05) is 17.7 Å². The molecule has 0 spiro atoms. The first-order valence-electron chi connectivity index (χ1n) is 10.8. The third-order valence-corrected chi connectivity index (χ3v) is 6.57. The van der Waals surface area contributed by atoms with E-state index in [0.717, 1.165) is 25.9 Å². The molecule has 0 fully saturated rings. The van der Waals surface area contributed by atoms with E-state index >= 15 is 0 Å². The Balaban J connectivity index is 1.67. The van der Waals surface area contributed by atoms with Crippen molar-refractivity contribution in [2.45, 2.75) is 31.6 Å². The quantitative estimate of drug-likeness (QED) is 0.453. The van der Waals surface area contributed by atoms with Crippen LogP contribution in [0.25, 0.3) is 16.8 Å². The molecule has 0 saturated heterocycles. The molecule has 2 heterocycles. The summed E-state index contributed by atoms with van der Waals surface area (Å²) in [5.74, 6) is 0. The van der Waals surface area contributed by atoms with Crippen molar-refractivity contribution in [2.24, 2.45) is 0 Å². The van der Waals surface area contributed by atoms with Crippen molar-refractivity contribution >= 4 is 28.2 Å². The van der Waals surface area contributed by atoms with Gasteiger partial charge in [-0.05, 0) is 60.2 Å². The molecule has 150 valence electrons. The van der Waals surface area contributed by atoms with Crippen molar-refractivity contribution in [3.8, 4) is 0 Å². The Labute approximate surface area is 178 Å². The zero-order valence-electron chi connectivity index (χ0n) is 17.8. The monoisotopic (exact) mass is 394 g/mol. The van der Waals surface area contributed by atoms with Crippen LogP contribution in [0, 0.1) is 0 Å². The van der Waals surface area contributed by atoms with E-state index in [4.69, 9.17) is 4.74 Å². The van der Waals surface area contributed by atoms with Crippen LogP contribution in [-0.4, -0.2) is 23.9 Å². The Morgan fingerprint density at radius 3 is 2.57 bits per heavy atom. The van der Waals surface area contributed by atoms with Crippen molar-refractivity contribution in [3.05, 3.63) is 95.8 Å². The van der Waals surface area contributed by atoms with Gasteiger partial charge in [0.15, 0.2) is 5.71 Å². The van der Waals surface area contributed by atoms with Crippen LogP contribution in [0.5, 0.6) is 0 Å². The minimum atomic E-state index is -0.108. The normalized spacial score (nSPS) is 21.1. The van der Waals surface area contributed by atoms with Crippen LogP contribution in [0.15, 0.2) is 84.6 Å². The molecule has 0 aliphatic carbocycles. The molecule has 2 aliphatic rings. The average Bonchev–Trinajstić information content (AvgIpc) is 3.00. The number of allylic oxidation sites excluding steroid dienone is 2. The van der Waals surface area contributed by atoms with E-state index in [2.05, 4.69) is 97.4 Å². The molecule has 1 unspecified atom stereocenters. The lowest BCUT2D eigenvalue weighted by Crippen LogP contribution is -2.31. The molecule has 2 aliphatic heterocycles. The van der Waals surface area contributed by atoms with E-state index in [1.807, 2.05) is 6.26 Å². The van der Waals surface area contributed by atoms with Gasteiger partial charge >= 0.3 is 0 Å². The number of benzene rings is 3. The molecule has 0 bridgehead atoms. The highest BCUT2D eigenvalue weighted by atomic mass is 16.5. The summed E-state index contributed by atoms with van der Waals surface area (Å²) < 4.78 is 8.08. The average molecular weight is 395 g/mol. The summed E-state index contributed by atoms with van der Waals surface area (Å²) >= 11 is 0. The van der Waals surface area contributed by atoms with Crippen LogP contribution in [0.1, 0.15) is 37.3 Å². The van der Waals surface area contributed by atoms with E-state index in [9.17, 15) is 0 Å². The number of rotatable bonds is 4. The molecule has 0 amide bonds. The fourth-order valence-electron chi connectivity index (χ4n) is 5.16. The molecule has 3 aromatic rings. The van der Waals surface area contributed by atoms with E-state index in [1.54, 1.807) is 0 Å². The van der Waals surface area contributed by atoms with E-state index in [0.29, 0.717) is 0 Å². The third-order valence-electron chi connectivity index (χ3n) is 6.57. The molecule has 0 saturated carbocycles. The minimum absolute atomic E-state index is 0.108. The van der Waals surface area contributed by atoms with Gasteiger partial charge in [-0.3, -0.25) is 0 Å². The Kier molecular flexibility index (Phi) is 4.78. The van der Waals surface area contributed by atoms with Crippen LogP contribution in [-0.2, 0) is 10.2 Å². The zero-order chi connectivity index (χ0) is 20.6. The first-order valence-corrected chi connectivity index (χ1v) is 10.8. The molecule has 0 aromatic heterocycles. The maximum Gasteiger partial charge on any atom is 0.210 e. The summed E-state index contributed by atoms with van der Waals surface area (Å²) in [6, 6.07) is 23.9. The van der Waals surface area contributed by atoms with Crippen molar-refractivity contribution in [3.63, 3.8) is 0 Å². The molecule has 0 N–H and O–H groups in total.